The number of nitrogens with zero attached hydrogens (tertiary/aromatic N) is 1. The summed E-state index contributed by atoms with van der Waals surface area (Å²) < 4.78 is 52.4. The summed E-state index contributed by atoms with van der Waals surface area (Å²) in [4.78, 5) is 2.47. The summed E-state index contributed by atoms with van der Waals surface area (Å²) in [6, 6.07) is 0. The van der Waals surface area contributed by atoms with Gasteiger partial charge in [-0.15, -0.1) is 0 Å². The lowest BCUT2D eigenvalue weighted by molar-refractivity contribution is 0.255. The highest BCUT2D eigenvalue weighted by Gasteiger charge is 2.21. The van der Waals surface area contributed by atoms with E-state index in [0.29, 0.717) is 6.42 Å². The first-order chi connectivity index (χ1) is 9.01. The third-order valence-electron chi connectivity index (χ3n) is 2.80. The van der Waals surface area contributed by atoms with E-state index in [9.17, 15) is 17.6 Å². The van der Waals surface area contributed by atoms with Gasteiger partial charge in [0.25, 0.3) is 11.9 Å². The van der Waals surface area contributed by atoms with Crippen molar-refractivity contribution in [2.75, 3.05) is 18.5 Å². The smallest absolute Gasteiger partial charge is 0.253 e. The predicted molar refractivity (Wildman–Crippen MR) is 62.7 cm³/mol. The van der Waals surface area contributed by atoms with Crippen LogP contribution in [-0.2, 0) is 0 Å². The topological polar surface area (TPSA) is 45.1 Å². The number of hydrogen-bond acceptors (Lipinski definition) is 3. The molecule has 2 N–H and O–H groups in total. The minimum Gasteiger partial charge on any atom is -0.396 e. The Morgan fingerprint density at radius 2 is 1.68 bits per heavy atom. The van der Waals surface area contributed by atoms with Crippen molar-refractivity contribution in [3.8, 4) is 0 Å². The molecular weight excluding hydrogens is 264 g/mol. The molecule has 0 aliphatic rings. The second-order valence-electron chi connectivity index (χ2n) is 4.24. The van der Waals surface area contributed by atoms with Crippen LogP contribution in [0.4, 0.5) is 23.2 Å². The minimum atomic E-state index is -1.68. The maximum Gasteiger partial charge on any atom is 0.253 e. The molecule has 0 spiro atoms. The Kier molecular flexibility index (Phi) is 6.01. The van der Waals surface area contributed by atoms with Crippen molar-refractivity contribution in [3.63, 3.8) is 0 Å². The van der Waals surface area contributed by atoms with Crippen LogP contribution in [0.25, 0.3) is 0 Å². The van der Waals surface area contributed by atoms with Crippen LogP contribution in [0.3, 0.4) is 0 Å². The Bertz CT molecular complexity index is 396. The zero-order chi connectivity index (χ0) is 14.4. The van der Waals surface area contributed by atoms with Gasteiger partial charge in [0.15, 0.2) is 0 Å². The molecule has 1 aromatic heterocycles. The lowest BCUT2D eigenvalue weighted by Crippen LogP contribution is -2.18. The summed E-state index contributed by atoms with van der Waals surface area (Å²) in [5.41, 5.74) is -0.857. The molecule has 1 aromatic rings. The van der Waals surface area contributed by atoms with E-state index in [1.807, 2.05) is 6.92 Å². The molecule has 3 nitrogen and oxygen atoms in total. The van der Waals surface area contributed by atoms with Crippen LogP contribution >= 0.6 is 0 Å². The van der Waals surface area contributed by atoms with E-state index in [4.69, 9.17) is 5.11 Å². The number of hydrogen-bond donors (Lipinski definition) is 2. The molecule has 7 heteroatoms. The molecule has 1 unspecified atom stereocenters. The molecule has 0 aromatic carbocycles. The van der Waals surface area contributed by atoms with Gasteiger partial charge >= 0.3 is 0 Å². The lowest BCUT2D eigenvalue weighted by Gasteiger charge is -2.17. The van der Waals surface area contributed by atoms with Crippen molar-refractivity contribution < 1.29 is 22.7 Å². The van der Waals surface area contributed by atoms with E-state index in [1.165, 1.54) is 0 Å². The van der Waals surface area contributed by atoms with Gasteiger partial charge in [-0.05, 0) is 18.8 Å². The van der Waals surface area contributed by atoms with Crippen LogP contribution in [0.15, 0.2) is 0 Å². The van der Waals surface area contributed by atoms with Gasteiger partial charge in [-0.1, -0.05) is 13.3 Å². The zero-order valence-electron chi connectivity index (χ0n) is 10.5. The summed E-state index contributed by atoms with van der Waals surface area (Å²) in [5.74, 6) is -6.49. The molecule has 0 fully saturated rings. The fourth-order valence-corrected chi connectivity index (χ4v) is 1.83. The number of anilines is 1. The van der Waals surface area contributed by atoms with Gasteiger partial charge in [-0.2, -0.15) is 22.5 Å². The number of halogens is 4. The van der Waals surface area contributed by atoms with Crippen LogP contribution in [0, 0.1) is 29.4 Å². The van der Waals surface area contributed by atoms with E-state index >= 15 is 0 Å². The molecule has 0 bridgehead atoms. The maximum absolute atomic E-state index is 13.3. The van der Waals surface area contributed by atoms with Crippen molar-refractivity contribution in [1.82, 2.24) is 4.98 Å². The van der Waals surface area contributed by atoms with Gasteiger partial charge in [0, 0.05) is 13.2 Å². The number of rotatable bonds is 7. The summed E-state index contributed by atoms with van der Waals surface area (Å²) in [5, 5.41) is 11.2. The SMILES string of the molecule is CCCC(CCO)CNc1c(F)c(F)nc(F)c1F. The summed E-state index contributed by atoms with van der Waals surface area (Å²) in [6.07, 6.45) is 2.00. The van der Waals surface area contributed by atoms with Crippen LogP contribution in [0.1, 0.15) is 26.2 Å². The number of pyridine rings is 1. The van der Waals surface area contributed by atoms with Gasteiger partial charge in [0.05, 0.1) is 0 Å². The molecule has 19 heavy (non-hydrogen) atoms. The highest BCUT2D eigenvalue weighted by atomic mass is 19.2. The van der Waals surface area contributed by atoms with E-state index < -0.39 is 29.2 Å². The summed E-state index contributed by atoms with van der Waals surface area (Å²) >= 11 is 0. The van der Waals surface area contributed by atoms with Gasteiger partial charge < -0.3 is 10.4 Å². The predicted octanol–water partition coefficient (Wildman–Crippen LogP) is 2.85. The molecule has 0 aliphatic carbocycles. The maximum atomic E-state index is 13.3. The zero-order valence-corrected chi connectivity index (χ0v) is 10.5. The Hall–Kier alpha value is -1.37. The molecule has 0 radical (unpaired) electrons. The summed E-state index contributed by atoms with van der Waals surface area (Å²) in [6.45, 7) is 1.98. The lowest BCUT2D eigenvalue weighted by atomic mass is 10.0. The molecule has 0 saturated heterocycles. The molecule has 1 rings (SSSR count). The van der Waals surface area contributed by atoms with Gasteiger partial charge in [0.1, 0.15) is 5.69 Å². The molecule has 108 valence electrons. The van der Waals surface area contributed by atoms with Crippen LogP contribution in [-0.4, -0.2) is 23.2 Å². The highest BCUT2D eigenvalue weighted by Crippen LogP contribution is 2.23. The Labute approximate surface area is 108 Å². The Morgan fingerprint density at radius 3 is 2.16 bits per heavy atom. The third kappa shape index (κ3) is 4.05. The highest BCUT2D eigenvalue weighted by molar-refractivity contribution is 5.45. The van der Waals surface area contributed by atoms with Crippen LogP contribution < -0.4 is 5.32 Å². The molecular formula is C12H16F4N2O. The van der Waals surface area contributed by atoms with E-state index in [-0.39, 0.29) is 19.1 Å². The average Bonchev–Trinajstić information content (AvgIpc) is 2.37. The number of nitrogens with one attached hydrogen (secondary N) is 1. The third-order valence-corrected chi connectivity index (χ3v) is 2.80. The van der Waals surface area contributed by atoms with Gasteiger partial charge in [-0.25, -0.2) is 0 Å². The van der Waals surface area contributed by atoms with E-state index in [1.54, 1.807) is 0 Å². The van der Waals surface area contributed by atoms with Crippen molar-refractivity contribution >= 4 is 5.69 Å². The monoisotopic (exact) mass is 280 g/mol. The van der Waals surface area contributed by atoms with Crippen LogP contribution in [0.5, 0.6) is 0 Å². The molecule has 0 aliphatic heterocycles. The normalized spacial score (nSPS) is 12.5. The quantitative estimate of drug-likeness (QED) is 0.596. The van der Waals surface area contributed by atoms with Crippen molar-refractivity contribution in [3.05, 3.63) is 23.5 Å². The molecule has 0 amide bonds. The fourth-order valence-electron chi connectivity index (χ4n) is 1.83. The van der Waals surface area contributed by atoms with Crippen molar-refractivity contribution in [1.29, 1.82) is 0 Å². The second-order valence-corrected chi connectivity index (χ2v) is 4.24. The first kappa shape index (κ1) is 15.7. The molecule has 0 saturated carbocycles. The molecule has 1 heterocycles. The number of aliphatic hydroxyl groups excluding tert-OH is 1. The first-order valence-corrected chi connectivity index (χ1v) is 6.05. The standard InChI is InChI=1S/C12H16F4N2O/c1-2-3-7(4-5-19)6-17-10-8(13)11(15)18-12(16)9(10)14/h7,19H,2-6H2,1H3,(H,17,18). The van der Waals surface area contributed by atoms with Crippen molar-refractivity contribution in [2.24, 2.45) is 5.92 Å². The Morgan fingerprint density at radius 1 is 1.11 bits per heavy atom. The van der Waals surface area contributed by atoms with Gasteiger partial charge in [0.2, 0.25) is 11.6 Å². The van der Waals surface area contributed by atoms with Crippen LogP contribution in [0.2, 0.25) is 0 Å². The van der Waals surface area contributed by atoms with E-state index in [0.717, 1.165) is 12.8 Å². The average molecular weight is 280 g/mol. The first-order valence-electron chi connectivity index (χ1n) is 6.05. The van der Waals surface area contributed by atoms with Crippen molar-refractivity contribution in [2.45, 2.75) is 26.2 Å². The summed E-state index contributed by atoms with van der Waals surface area (Å²) in [7, 11) is 0. The minimum absolute atomic E-state index is 0.0342. The number of aliphatic hydroxyl groups is 1. The Balaban J connectivity index is 2.81. The van der Waals surface area contributed by atoms with E-state index in [2.05, 4.69) is 10.3 Å². The van der Waals surface area contributed by atoms with Gasteiger partial charge in [-0.3, -0.25) is 0 Å². The largest absolute Gasteiger partial charge is 0.396 e. The second kappa shape index (κ2) is 7.28. The molecule has 1 atom stereocenters. The fraction of sp³-hybridized carbons (Fsp3) is 0.583. The number of aromatic nitrogens is 1.